The van der Waals surface area contributed by atoms with Gasteiger partial charge in [-0.25, -0.2) is 4.79 Å². The van der Waals surface area contributed by atoms with Crippen molar-refractivity contribution < 1.29 is 14.4 Å². The number of piperidine rings is 1. The predicted octanol–water partition coefficient (Wildman–Crippen LogP) is 5.29. The van der Waals surface area contributed by atoms with Crippen LogP contribution in [0.15, 0.2) is 42.6 Å². The number of anilines is 1. The third-order valence-corrected chi connectivity index (χ3v) is 10.1. The van der Waals surface area contributed by atoms with Gasteiger partial charge < -0.3 is 20.0 Å². The Labute approximate surface area is 245 Å². The summed E-state index contributed by atoms with van der Waals surface area (Å²) < 4.78 is 0. The number of thioether (sulfide) groups is 1. The summed E-state index contributed by atoms with van der Waals surface area (Å²) in [5.41, 5.74) is 5.18. The molecule has 4 amide bonds. The molecule has 0 spiro atoms. The van der Waals surface area contributed by atoms with Gasteiger partial charge in [0.1, 0.15) is 5.37 Å². The Bertz CT molecular complexity index is 1460. The molecule has 2 atom stereocenters. The average Bonchev–Trinajstić information content (AvgIpc) is 3.56. The van der Waals surface area contributed by atoms with Crippen LogP contribution in [0.1, 0.15) is 61.6 Å². The first-order valence-electron chi connectivity index (χ1n) is 14.6. The normalized spacial score (nSPS) is 21.6. The van der Waals surface area contributed by atoms with Crippen molar-refractivity contribution >= 4 is 46.2 Å². The van der Waals surface area contributed by atoms with Crippen molar-refractivity contribution in [1.29, 1.82) is 0 Å². The van der Waals surface area contributed by atoms with Gasteiger partial charge in [-0.1, -0.05) is 38.1 Å². The van der Waals surface area contributed by atoms with Gasteiger partial charge in [-0.05, 0) is 60.9 Å². The first-order valence-corrected chi connectivity index (χ1v) is 15.6. The van der Waals surface area contributed by atoms with E-state index in [1.54, 1.807) is 11.8 Å². The molecule has 216 valence electrons. The SMILES string of the molecule is Cc1cc(C2SC(CC(=O)N3CCC(N4Cc5ccccc5NC4=O)CC3)C(=O)N2CCC(C)C)cc2cn[nH]c12. The highest BCUT2D eigenvalue weighted by atomic mass is 32.2. The number of aromatic nitrogens is 2. The number of carbonyl (C=O) groups is 3. The number of nitrogens with zero attached hydrogens (tertiary/aromatic N) is 4. The fourth-order valence-corrected chi connectivity index (χ4v) is 7.70. The monoisotopic (exact) mass is 574 g/mol. The van der Waals surface area contributed by atoms with Gasteiger partial charge in [-0.3, -0.25) is 14.7 Å². The Balaban J connectivity index is 1.11. The number of nitrogens with one attached hydrogen (secondary N) is 2. The maximum absolute atomic E-state index is 13.7. The van der Waals surface area contributed by atoms with E-state index in [4.69, 9.17) is 0 Å². The van der Waals surface area contributed by atoms with Crippen molar-refractivity contribution in [1.82, 2.24) is 24.9 Å². The standard InChI is InChI=1S/C31H38N6O3S/c1-19(2)8-13-36-29(39)26(41-30(36)22-14-20(3)28-23(15-22)17-32-34-28)16-27(38)35-11-9-24(10-12-35)37-18-21-6-4-5-7-25(21)33-31(37)40/h4-7,14-15,17,19,24,26,30H,8-13,16,18H2,1-3H3,(H,32,34)(H,33,40). The van der Waals surface area contributed by atoms with E-state index in [1.165, 1.54) is 0 Å². The van der Waals surface area contributed by atoms with Crippen LogP contribution < -0.4 is 5.32 Å². The first-order chi connectivity index (χ1) is 19.8. The van der Waals surface area contributed by atoms with Crippen LogP contribution in [-0.4, -0.2) is 73.7 Å². The fourth-order valence-electron chi connectivity index (χ4n) is 6.25. The number of amides is 4. The van der Waals surface area contributed by atoms with Crippen LogP contribution in [-0.2, 0) is 16.1 Å². The zero-order valence-corrected chi connectivity index (χ0v) is 24.7. The Hall–Kier alpha value is -3.53. The average molecular weight is 575 g/mol. The summed E-state index contributed by atoms with van der Waals surface area (Å²) in [5.74, 6) is 0.551. The second kappa shape index (κ2) is 11.4. The van der Waals surface area contributed by atoms with Gasteiger partial charge in [-0.15, -0.1) is 11.8 Å². The zero-order valence-electron chi connectivity index (χ0n) is 23.9. The Morgan fingerprint density at radius 3 is 2.71 bits per heavy atom. The van der Waals surface area contributed by atoms with Crippen LogP contribution in [0, 0.1) is 12.8 Å². The van der Waals surface area contributed by atoms with Crippen molar-refractivity contribution in [3.8, 4) is 0 Å². The van der Waals surface area contributed by atoms with Crippen molar-refractivity contribution in [3.05, 3.63) is 59.3 Å². The zero-order chi connectivity index (χ0) is 28.7. The number of aromatic amines is 1. The number of urea groups is 1. The van der Waals surface area contributed by atoms with Gasteiger partial charge in [0.15, 0.2) is 0 Å². The van der Waals surface area contributed by atoms with Crippen molar-refractivity contribution in [2.75, 3.05) is 25.0 Å². The molecule has 0 saturated carbocycles. The summed E-state index contributed by atoms with van der Waals surface area (Å²) in [6, 6.07) is 12.2. The summed E-state index contributed by atoms with van der Waals surface area (Å²) in [4.78, 5) is 45.7. The number of aryl methyl sites for hydroxylation is 1. The molecule has 41 heavy (non-hydrogen) atoms. The molecule has 6 rings (SSSR count). The van der Waals surface area contributed by atoms with Crippen LogP contribution in [0.5, 0.6) is 0 Å². The molecule has 2 saturated heterocycles. The molecule has 0 radical (unpaired) electrons. The third-order valence-electron chi connectivity index (χ3n) is 8.61. The maximum atomic E-state index is 13.7. The molecule has 3 aromatic rings. The molecular formula is C31H38N6O3S. The molecule has 2 N–H and O–H groups in total. The van der Waals surface area contributed by atoms with E-state index in [1.807, 2.05) is 45.2 Å². The minimum atomic E-state index is -0.401. The summed E-state index contributed by atoms with van der Waals surface area (Å²) in [7, 11) is 0. The maximum Gasteiger partial charge on any atom is 0.322 e. The summed E-state index contributed by atoms with van der Waals surface area (Å²) in [6.07, 6.45) is 4.41. The van der Waals surface area contributed by atoms with E-state index in [0.29, 0.717) is 32.1 Å². The highest BCUT2D eigenvalue weighted by Crippen LogP contribution is 2.45. The smallest absolute Gasteiger partial charge is 0.322 e. The lowest BCUT2D eigenvalue weighted by Crippen LogP contribution is -2.51. The van der Waals surface area contributed by atoms with Gasteiger partial charge in [0.2, 0.25) is 11.8 Å². The fraction of sp³-hybridized carbons (Fsp3) is 0.484. The minimum absolute atomic E-state index is 0.0219. The highest BCUT2D eigenvalue weighted by molar-refractivity contribution is 8.01. The number of carbonyl (C=O) groups excluding carboxylic acids is 3. The number of likely N-dealkylation sites (tertiary alicyclic amines) is 1. The van der Waals surface area contributed by atoms with Crippen LogP contribution in [0.4, 0.5) is 10.5 Å². The van der Waals surface area contributed by atoms with E-state index in [2.05, 4.69) is 48.4 Å². The van der Waals surface area contributed by atoms with Crippen molar-refractivity contribution in [3.63, 3.8) is 0 Å². The number of hydrogen-bond donors (Lipinski definition) is 2. The molecular weight excluding hydrogens is 536 g/mol. The molecule has 0 aliphatic carbocycles. The third kappa shape index (κ3) is 5.54. The first kappa shape index (κ1) is 27.6. The molecule has 0 bridgehead atoms. The molecule has 2 fully saturated rings. The predicted molar refractivity (Wildman–Crippen MR) is 161 cm³/mol. The highest BCUT2D eigenvalue weighted by Gasteiger charge is 2.43. The van der Waals surface area contributed by atoms with E-state index in [0.717, 1.165) is 52.5 Å². The lowest BCUT2D eigenvalue weighted by Gasteiger charge is -2.40. The van der Waals surface area contributed by atoms with Gasteiger partial charge in [0.05, 0.1) is 17.0 Å². The Kier molecular flexibility index (Phi) is 7.68. The van der Waals surface area contributed by atoms with Gasteiger partial charge in [0.25, 0.3) is 0 Å². The second-order valence-corrected chi connectivity index (χ2v) is 13.2. The minimum Gasteiger partial charge on any atom is -0.342 e. The van der Waals surface area contributed by atoms with Gasteiger partial charge >= 0.3 is 6.03 Å². The summed E-state index contributed by atoms with van der Waals surface area (Å²) >= 11 is 1.60. The van der Waals surface area contributed by atoms with Crippen molar-refractivity contribution in [2.24, 2.45) is 5.92 Å². The lowest BCUT2D eigenvalue weighted by atomic mass is 10.0. The van der Waals surface area contributed by atoms with E-state index < -0.39 is 5.25 Å². The molecule has 4 heterocycles. The number of para-hydroxylation sites is 1. The van der Waals surface area contributed by atoms with Gasteiger partial charge in [0, 0.05) is 49.7 Å². The molecule has 10 heteroatoms. The van der Waals surface area contributed by atoms with E-state index >= 15 is 0 Å². The van der Waals surface area contributed by atoms with Crippen LogP contribution in [0.2, 0.25) is 0 Å². The number of rotatable bonds is 7. The summed E-state index contributed by atoms with van der Waals surface area (Å²) in [6.45, 7) is 8.84. The molecule has 2 aromatic carbocycles. The van der Waals surface area contributed by atoms with Crippen molar-refractivity contribution in [2.45, 2.75) is 69.7 Å². The van der Waals surface area contributed by atoms with E-state index in [-0.39, 0.29) is 35.7 Å². The number of fused-ring (bicyclic) bond motifs is 2. The molecule has 3 aliphatic rings. The molecule has 2 unspecified atom stereocenters. The van der Waals surface area contributed by atoms with Crippen LogP contribution in [0.3, 0.4) is 0 Å². The summed E-state index contributed by atoms with van der Waals surface area (Å²) in [5, 5.41) is 10.8. The van der Waals surface area contributed by atoms with Crippen LogP contribution >= 0.6 is 11.8 Å². The van der Waals surface area contributed by atoms with Crippen LogP contribution in [0.25, 0.3) is 10.9 Å². The number of H-pyrrole nitrogens is 1. The largest absolute Gasteiger partial charge is 0.342 e. The lowest BCUT2D eigenvalue weighted by molar-refractivity contribution is -0.137. The topological polar surface area (TPSA) is 102 Å². The number of benzene rings is 2. The second-order valence-electron chi connectivity index (χ2n) is 11.9. The molecule has 3 aliphatic heterocycles. The molecule has 9 nitrogen and oxygen atoms in total. The Morgan fingerprint density at radius 2 is 1.93 bits per heavy atom. The quantitative estimate of drug-likeness (QED) is 0.399. The van der Waals surface area contributed by atoms with E-state index in [9.17, 15) is 14.4 Å². The van der Waals surface area contributed by atoms with Gasteiger partial charge in [-0.2, -0.15) is 5.10 Å². The Morgan fingerprint density at radius 1 is 1.15 bits per heavy atom. The molecule has 1 aromatic heterocycles. The number of hydrogen-bond acceptors (Lipinski definition) is 5.